The molecule has 0 atom stereocenters. The lowest BCUT2D eigenvalue weighted by atomic mass is 10.0. The van der Waals surface area contributed by atoms with Crippen molar-refractivity contribution in [2.24, 2.45) is 0 Å². The lowest BCUT2D eigenvalue weighted by Gasteiger charge is -2.12. The molecule has 0 amide bonds. The predicted molar refractivity (Wildman–Crippen MR) is 230 cm³/mol. The van der Waals surface area contributed by atoms with Gasteiger partial charge in [-0.25, -0.2) is 9.97 Å². The van der Waals surface area contributed by atoms with E-state index in [1.807, 2.05) is 48.7 Å². The van der Waals surface area contributed by atoms with Gasteiger partial charge in [0.15, 0.2) is 5.82 Å². The molecular weight excluding hydrogens is 683 g/mol. The fourth-order valence-electron chi connectivity index (χ4n) is 8.17. The first-order chi connectivity index (χ1) is 27.8. The van der Waals surface area contributed by atoms with Crippen LogP contribution in [0.1, 0.15) is 0 Å². The lowest BCUT2D eigenvalue weighted by molar-refractivity contribution is 1.15. The Morgan fingerprint density at radius 2 is 0.857 bits per heavy atom. The summed E-state index contributed by atoms with van der Waals surface area (Å²) in [6, 6.07) is 68.3. The normalized spacial score (nSPS) is 11.6. The Balaban J connectivity index is 1.08. The molecule has 0 fully saturated rings. The highest BCUT2D eigenvalue weighted by Gasteiger charge is 2.18. The van der Waals surface area contributed by atoms with Crippen molar-refractivity contribution < 1.29 is 0 Å². The number of fused-ring (bicyclic) bond motifs is 6. The van der Waals surface area contributed by atoms with Gasteiger partial charge in [0.2, 0.25) is 0 Å². The Bertz CT molecular complexity index is 3180. The summed E-state index contributed by atoms with van der Waals surface area (Å²) in [6.45, 7) is 0. The van der Waals surface area contributed by atoms with Crippen molar-refractivity contribution in [3.8, 4) is 56.4 Å². The van der Waals surface area contributed by atoms with Crippen LogP contribution in [0.15, 0.2) is 200 Å². The first-order valence-electron chi connectivity index (χ1n) is 18.9. The van der Waals surface area contributed by atoms with Gasteiger partial charge in [0.25, 0.3) is 0 Å². The van der Waals surface area contributed by atoms with E-state index in [0.29, 0.717) is 5.82 Å². The predicted octanol–water partition coefficient (Wildman–Crippen LogP) is 12.7. The second-order valence-corrected chi connectivity index (χ2v) is 14.1. The van der Waals surface area contributed by atoms with Crippen LogP contribution >= 0.6 is 0 Å². The van der Waals surface area contributed by atoms with Gasteiger partial charge in [-0.05, 0) is 77.9 Å². The SMILES string of the molecule is c1ccc(-c2cc(-c3ccccc3)nc(-c3cccc(-n4c5cc(-c6ccc7c8ccccc8n(-c8ccccc8)c7c6)ccc5c5ncccc54)c3)n2)cc1. The average Bonchev–Trinajstić information content (AvgIpc) is 3.79. The molecule has 0 bridgehead atoms. The first kappa shape index (κ1) is 31.9. The Morgan fingerprint density at radius 1 is 0.321 bits per heavy atom. The Morgan fingerprint density at radius 3 is 1.57 bits per heavy atom. The number of benzene rings is 7. The zero-order valence-corrected chi connectivity index (χ0v) is 30.3. The van der Waals surface area contributed by atoms with Gasteiger partial charge in [0.1, 0.15) is 0 Å². The van der Waals surface area contributed by atoms with Crippen molar-refractivity contribution in [1.82, 2.24) is 24.1 Å². The molecule has 0 N–H and O–H groups in total. The fourth-order valence-corrected chi connectivity index (χ4v) is 8.17. The first-order valence-corrected chi connectivity index (χ1v) is 18.9. The van der Waals surface area contributed by atoms with Crippen molar-refractivity contribution in [2.45, 2.75) is 0 Å². The molecule has 0 unspecified atom stereocenters. The molecule has 0 aliphatic rings. The van der Waals surface area contributed by atoms with Gasteiger partial charge in [-0.15, -0.1) is 0 Å². The second kappa shape index (κ2) is 13.0. The highest BCUT2D eigenvalue weighted by atomic mass is 15.0. The molecule has 56 heavy (non-hydrogen) atoms. The van der Waals surface area contributed by atoms with E-state index in [1.54, 1.807) is 0 Å². The van der Waals surface area contributed by atoms with Crippen LogP contribution in [-0.2, 0) is 0 Å². The molecule has 262 valence electrons. The van der Waals surface area contributed by atoms with Crippen LogP contribution in [0, 0.1) is 0 Å². The summed E-state index contributed by atoms with van der Waals surface area (Å²) in [5.74, 6) is 0.675. The summed E-state index contributed by atoms with van der Waals surface area (Å²) >= 11 is 0. The van der Waals surface area contributed by atoms with E-state index < -0.39 is 0 Å². The highest BCUT2D eigenvalue weighted by molar-refractivity contribution is 6.11. The summed E-state index contributed by atoms with van der Waals surface area (Å²) in [5.41, 5.74) is 14.7. The number of pyridine rings is 1. The molecule has 5 nitrogen and oxygen atoms in total. The van der Waals surface area contributed by atoms with E-state index in [0.717, 1.165) is 72.5 Å². The van der Waals surface area contributed by atoms with Crippen molar-refractivity contribution in [3.05, 3.63) is 200 Å². The second-order valence-electron chi connectivity index (χ2n) is 14.1. The zero-order chi connectivity index (χ0) is 37.0. The maximum absolute atomic E-state index is 5.14. The number of hydrogen-bond acceptors (Lipinski definition) is 3. The molecule has 7 aromatic carbocycles. The van der Waals surface area contributed by atoms with Gasteiger partial charge in [-0.3, -0.25) is 4.98 Å². The van der Waals surface area contributed by atoms with E-state index in [2.05, 4.69) is 161 Å². The molecule has 0 saturated heterocycles. The van der Waals surface area contributed by atoms with E-state index in [4.69, 9.17) is 15.0 Å². The Labute approximate surface area is 323 Å². The number of para-hydroxylation sites is 2. The number of hydrogen-bond donors (Lipinski definition) is 0. The molecule has 0 aliphatic heterocycles. The standard InChI is InChI=1S/C51H33N5/c1-4-14-34(15-5-1)44-33-45(35-16-6-2-7-17-35)54-51(53-44)38-18-12-21-40(30-38)56-47-24-13-29-52-50(47)43-28-26-37(32-49(43)56)36-25-27-42-41-22-10-11-23-46(41)55(48(42)31-36)39-19-8-3-9-20-39/h1-33H. The van der Waals surface area contributed by atoms with Gasteiger partial charge >= 0.3 is 0 Å². The van der Waals surface area contributed by atoms with Crippen LogP contribution in [-0.4, -0.2) is 24.1 Å². The summed E-state index contributed by atoms with van der Waals surface area (Å²) in [6.07, 6.45) is 1.88. The molecule has 11 aromatic rings. The summed E-state index contributed by atoms with van der Waals surface area (Å²) in [7, 11) is 0. The number of rotatable bonds is 6. The molecule has 11 rings (SSSR count). The molecule has 5 heteroatoms. The topological polar surface area (TPSA) is 48.5 Å². The van der Waals surface area contributed by atoms with Crippen LogP contribution in [0.5, 0.6) is 0 Å². The molecule has 0 spiro atoms. The average molecular weight is 716 g/mol. The zero-order valence-electron chi connectivity index (χ0n) is 30.3. The minimum absolute atomic E-state index is 0.675. The maximum Gasteiger partial charge on any atom is 0.160 e. The van der Waals surface area contributed by atoms with Crippen molar-refractivity contribution in [1.29, 1.82) is 0 Å². The summed E-state index contributed by atoms with van der Waals surface area (Å²) in [4.78, 5) is 15.2. The van der Waals surface area contributed by atoms with Crippen LogP contribution in [0.3, 0.4) is 0 Å². The fraction of sp³-hybridized carbons (Fsp3) is 0. The largest absolute Gasteiger partial charge is 0.309 e. The van der Waals surface area contributed by atoms with E-state index in [1.165, 1.54) is 21.8 Å². The van der Waals surface area contributed by atoms with Crippen molar-refractivity contribution in [3.63, 3.8) is 0 Å². The Kier molecular flexibility index (Phi) is 7.42. The monoisotopic (exact) mass is 715 g/mol. The van der Waals surface area contributed by atoms with Crippen molar-refractivity contribution >= 4 is 43.7 Å². The van der Waals surface area contributed by atoms with Gasteiger partial charge in [0, 0.05) is 50.4 Å². The lowest BCUT2D eigenvalue weighted by Crippen LogP contribution is -1.98. The van der Waals surface area contributed by atoms with Crippen LogP contribution in [0.25, 0.3) is 100 Å². The minimum atomic E-state index is 0.675. The number of aromatic nitrogens is 5. The molecule has 0 radical (unpaired) electrons. The quantitative estimate of drug-likeness (QED) is 0.172. The highest BCUT2D eigenvalue weighted by Crippen LogP contribution is 2.38. The molecule has 0 aliphatic carbocycles. The third-order valence-corrected chi connectivity index (χ3v) is 10.8. The van der Waals surface area contributed by atoms with Crippen LogP contribution in [0.2, 0.25) is 0 Å². The molecule has 0 saturated carbocycles. The third kappa shape index (κ3) is 5.29. The Hall–Kier alpha value is -7.63. The molecular formula is C51H33N5. The van der Waals surface area contributed by atoms with Gasteiger partial charge in [-0.1, -0.05) is 127 Å². The molecule has 4 aromatic heterocycles. The maximum atomic E-state index is 5.14. The van der Waals surface area contributed by atoms with Gasteiger partial charge in [-0.2, -0.15) is 0 Å². The summed E-state index contributed by atoms with van der Waals surface area (Å²) in [5, 5.41) is 3.58. The van der Waals surface area contributed by atoms with Crippen molar-refractivity contribution in [2.75, 3.05) is 0 Å². The van der Waals surface area contributed by atoms with Crippen LogP contribution in [0.4, 0.5) is 0 Å². The number of nitrogens with zero attached hydrogens (tertiary/aromatic N) is 5. The smallest absolute Gasteiger partial charge is 0.160 e. The van der Waals surface area contributed by atoms with E-state index in [9.17, 15) is 0 Å². The van der Waals surface area contributed by atoms with Crippen LogP contribution < -0.4 is 0 Å². The summed E-state index contributed by atoms with van der Waals surface area (Å²) < 4.78 is 4.69. The molecule has 4 heterocycles. The third-order valence-electron chi connectivity index (χ3n) is 10.8. The van der Waals surface area contributed by atoms with E-state index in [-0.39, 0.29) is 0 Å². The minimum Gasteiger partial charge on any atom is -0.309 e. The van der Waals surface area contributed by atoms with E-state index >= 15 is 0 Å². The van der Waals surface area contributed by atoms with Gasteiger partial charge < -0.3 is 9.13 Å². The van der Waals surface area contributed by atoms with Gasteiger partial charge in [0.05, 0.1) is 39.0 Å².